The van der Waals surface area contributed by atoms with Crippen LogP contribution in [0.4, 0.5) is 5.69 Å². The molecule has 0 aromatic carbocycles. The Bertz CT molecular complexity index is 242. The van der Waals surface area contributed by atoms with Gasteiger partial charge in [-0.2, -0.15) is 0 Å². The lowest BCUT2D eigenvalue weighted by Gasteiger charge is -2.04. The molecule has 0 fully saturated rings. The quantitative estimate of drug-likeness (QED) is 0.611. The topological polar surface area (TPSA) is 45.1 Å². The van der Waals surface area contributed by atoms with Gasteiger partial charge < -0.3 is 10.4 Å². The number of pyridine rings is 1. The van der Waals surface area contributed by atoms with Gasteiger partial charge >= 0.3 is 0 Å². The fourth-order valence-corrected chi connectivity index (χ4v) is 1.19. The second-order valence-electron chi connectivity index (χ2n) is 2.37. The highest BCUT2D eigenvalue weighted by atomic mass is 79.9. The van der Waals surface area contributed by atoms with Crippen molar-refractivity contribution in [2.24, 2.45) is 0 Å². The van der Waals surface area contributed by atoms with E-state index in [9.17, 15) is 0 Å². The van der Waals surface area contributed by atoms with Crippen molar-refractivity contribution in [1.82, 2.24) is 4.98 Å². The van der Waals surface area contributed by atoms with Crippen LogP contribution in [0.15, 0.2) is 22.9 Å². The fourth-order valence-electron chi connectivity index (χ4n) is 0.824. The molecule has 0 spiro atoms. The number of nitrogens with one attached hydrogen (secondary N) is 1. The van der Waals surface area contributed by atoms with Gasteiger partial charge in [0.15, 0.2) is 0 Å². The molecule has 0 saturated carbocycles. The number of anilines is 1. The standard InChI is InChI=1S/C8H11BrN2O/c9-8-6-7(2-4-11-8)10-3-1-5-12/h2,4,6,12H,1,3,5H2,(H,10,11). The molecule has 66 valence electrons. The first kappa shape index (κ1) is 9.48. The molecule has 0 aliphatic heterocycles. The van der Waals surface area contributed by atoms with E-state index in [0.29, 0.717) is 0 Å². The molecule has 0 atom stereocenters. The summed E-state index contributed by atoms with van der Waals surface area (Å²) in [5, 5.41) is 11.7. The summed E-state index contributed by atoms with van der Waals surface area (Å²) >= 11 is 3.27. The number of aliphatic hydroxyl groups is 1. The number of hydrogen-bond donors (Lipinski definition) is 2. The van der Waals surface area contributed by atoms with Crippen LogP contribution in [0.1, 0.15) is 6.42 Å². The first-order valence-corrected chi connectivity index (χ1v) is 4.58. The number of aromatic nitrogens is 1. The number of rotatable bonds is 4. The van der Waals surface area contributed by atoms with Crippen LogP contribution in [0.25, 0.3) is 0 Å². The van der Waals surface area contributed by atoms with E-state index in [-0.39, 0.29) is 6.61 Å². The van der Waals surface area contributed by atoms with E-state index in [1.54, 1.807) is 6.20 Å². The molecular formula is C8H11BrN2O. The van der Waals surface area contributed by atoms with Crippen molar-refractivity contribution in [2.45, 2.75) is 6.42 Å². The second-order valence-corrected chi connectivity index (χ2v) is 3.18. The largest absolute Gasteiger partial charge is 0.396 e. The van der Waals surface area contributed by atoms with Crippen LogP contribution >= 0.6 is 15.9 Å². The maximum atomic E-state index is 8.54. The molecule has 1 aromatic rings. The minimum absolute atomic E-state index is 0.221. The number of aliphatic hydroxyl groups excluding tert-OH is 1. The lowest BCUT2D eigenvalue weighted by Crippen LogP contribution is -2.03. The molecule has 0 aliphatic rings. The monoisotopic (exact) mass is 230 g/mol. The Labute approximate surface area is 80.0 Å². The summed E-state index contributed by atoms with van der Waals surface area (Å²) in [4.78, 5) is 4.00. The predicted octanol–water partition coefficient (Wildman–Crippen LogP) is 1.64. The van der Waals surface area contributed by atoms with Gasteiger partial charge in [0, 0.05) is 25.0 Å². The first-order valence-electron chi connectivity index (χ1n) is 3.79. The van der Waals surface area contributed by atoms with E-state index in [4.69, 9.17) is 5.11 Å². The third kappa shape index (κ3) is 3.19. The van der Waals surface area contributed by atoms with Crippen molar-refractivity contribution in [3.63, 3.8) is 0 Å². The van der Waals surface area contributed by atoms with Gasteiger partial charge in [0.1, 0.15) is 4.60 Å². The zero-order valence-electron chi connectivity index (χ0n) is 6.63. The van der Waals surface area contributed by atoms with E-state index in [1.165, 1.54) is 0 Å². The Hall–Kier alpha value is -0.610. The van der Waals surface area contributed by atoms with Crippen LogP contribution in [0.5, 0.6) is 0 Å². The molecule has 12 heavy (non-hydrogen) atoms. The summed E-state index contributed by atoms with van der Waals surface area (Å²) in [6.45, 7) is 1.01. The smallest absolute Gasteiger partial charge is 0.108 e. The minimum atomic E-state index is 0.221. The minimum Gasteiger partial charge on any atom is -0.396 e. The second kappa shape index (κ2) is 5.11. The molecule has 1 rings (SSSR count). The van der Waals surface area contributed by atoms with Gasteiger partial charge in [-0.15, -0.1) is 0 Å². The van der Waals surface area contributed by atoms with Crippen molar-refractivity contribution in [1.29, 1.82) is 0 Å². The Morgan fingerprint density at radius 2 is 2.42 bits per heavy atom. The third-order valence-electron chi connectivity index (χ3n) is 1.39. The lowest BCUT2D eigenvalue weighted by molar-refractivity contribution is 0.292. The Balaban J connectivity index is 2.41. The molecule has 0 radical (unpaired) electrons. The average molecular weight is 231 g/mol. The van der Waals surface area contributed by atoms with Gasteiger partial charge in [-0.1, -0.05) is 0 Å². The normalized spacial score (nSPS) is 9.83. The maximum Gasteiger partial charge on any atom is 0.108 e. The van der Waals surface area contributed by atoms with Gasteiger partial charge in [0.25, 0.3) is 0 Å². The van der Waals surface area contributed by atoms with E-state index < -0.39 is 0 Å². The molecule has 1 heterocycles. The first-order chi connectivity index (χ1) is 5.83. The van der Waals surface area contributed by atoms with E-state index in [2.05, 4.69) is 26.2 Å². The molecule has 0 bridgehead atoms. The highest BCUT2D eigenvalue weighted by molar-refractivity contribution is 9.10. The SMILES string of the molecule is OCCCNc1ccnc(Br)c1. The van der Waals surface area contributed by atoms with Crippen molar-refractivity contribution in [3.05, 3.63) is 22.9 Å². The van der Waals surface area contributed by atoms with E-state index in [0.717, 1.165) is 23.3 Å². The summed E-state index contributed by atoms with van der Waals surface area (Å²) in [5.74, 6) is 0. The highest BCUT2D eigenvalue weighted by Crippen LogP contribution is 2.12. The molecule has 0 saturated heterocycles. The Morgan fingerprint density at radius 3 is 3.08 bits per heavy atom. The van der Waals surface area contributed by atoms with Gasteiger partial charge in [-0.05, 0) is 34.5 Å². The summed E-state index contributed by atoms with van der Waals surface area (Å²) in [6, 6.07) is 3.79. The predicted molar refractivity (Wildman–Crippen MR) is 52.1 cm³/mol. The summed E-state index contributed by atoms with van der Waals surface area (Å²) < 4.78 is 0.816. The fraction of sp³-hybridized carbons (Fsp3) is 0.375. The van der Waals surface area contributed by atoms with Crippen LogP contribution < -0.4 is 5.32 Å². The van der Waals surface area contributed by atoms with Gasteiger partial charge in [-0.3, -0.25) is 0 Å². The Morgan fingerprint density at radius 1 is 1.58 bits per heavy atom. The van der Waals surface area contributed by atoms with E-state index in [1.807, 2.05) is 12.1 Å². The molecule has 0 unspecified atom stereocenters. The molecule has 0 amide bonds. The van der Waals surface area contributed by atoms with Gasteiger partial charge in [-0.25, -0.2) is 4.98 Å². The van der Waals surface area contributed by atoms with E-state index >= 15 is 0 Å². The molecular weight excluding hydrogens is 220 g/mol. The maximum absolute atomic E-state index is 8.54. The van der Waals surface area contributed by atoms with Crippen LogP contribution in [0.2, 0.25) is 0 Å². The molecule has 3 nitrogen and oxygen atoms in total. The Kier molecular flexibility index (Phi) is 4.04. The van der Waals surface area contributed by atoms with Crippen LogP contribution in [-0.4, -0.2) is 23.2 Å². The van der Waals surface area contributed by atoms with Crippen molar-refractivity contribution in [2.75, 3.05) is 18.5 Å². The van der Waals surface area contributed by atoms with Crippen molar-refractivity contribution < 1.29 is 5.11 Å². The third-order valence-corrected chi connectivity index (χ3v) is 1.82. The molecule has 1 aromatic heterocycles. The van der Waals surface area contributed by atoms with Crippen molar-refractivity contribution >= 4 is 21.6 Å². The summed E-state index contributed by atoms with van der Waals surface area (Å²) in [5.41, 5.74) is 1.02. The van der Waals surface area contributed by atoms with Crippen LogP contribution in [0, 0.1) is 0 Å². The lowest BCUT2D eigenvalue weighted by atomic mass is 10.4. The zero-order valence-corrected chi connectivity index (χ0v) is 8.21. The summed E-state index contributed by atoms with van der Waals surface area (Å²) in [7, 11) is 0. The van der Waals surface area contributed by atoms with Gasteiger partial charge in [0.2, 0.25) is 0 Å². The zero-order chi connectivity index (χ0) is 8.81. The number of hydrogen-bond acceptors (Lipinski definition) is 3. The van der Waals surface area contributed by atoms with Crippen molar-refractivity contribution in [3.8, 4) is 0 Å². The molecule has 0 aliphatic carbocycles. The average Bonchev–Trinajstić information content (AvgIpc) is 2.05. The van der Waals surface area contributed by atoms with Crippen LogP contribution in [0.3, 0.4) is 0 Å². The van der Waals surface area contributed by atoms with Gasteiger partial charge in [0.05, 0.1) is 0 Å². The molecule has 2 N–H and O–H groups in total. The number of halogens is 1. The number of nitrogens with zero attached hydrogens (tertiary/aromatic N) is 1. The highest BCUT2D eigenvalue weighted by Gasteiger charge is 1.92. The molecule has 4 heteroatoms. The van der Waals surface area contributed by atoms with Crippen LogP contribution in [-0.2, 0) is 0 Å². The summed E-state index contributed by atoms with van der Waals surface area (Å²) in [6.07, 6.45) is 2.49.